The molecule has 0 saturated carbocycles. The molecule has 1 aliphatic rings. The predicted octanol–water partition coefficient (Wildman–Crippen LogP) is 3.66. The van der Waals surface area contributed by atoms with Crippen LogP contribution in [-0.2, 0) is 11.3 Å². The van der Waals surface area contributed by atoms with Gasteiger partial charge in [0, 0.05) is 43.2 Å². The van der Waals surface area contributed by atoms with Crippen LogP contribution in [0.25, 0.3) is 0 Å². The number of carbonyl (C=O) groups is 2. The lowest BCUT2D eigenvalue weighted by molar-refractivity contribution is -0.384. The summed E-state index contributed by atoms with van der Waals surface area (Å²) in [6.07, 6.45) is 2.13. The number of para-hydroxylation sites is 2. The van der Waals surface area contributed by atoms with Crippen LogP contribution in [0.15, 0.2) is 48.5 Å². The number of piperidine rings is 1. The number of hydrogen-bond donors (Lipinski definition) is 2. The summed E-state index contributed by atoms with van der Waals surface area (Å²) < 4.78 is 0. The van der Waals surface area contributed by atoms with Crippen molar-refractivity contribution in [3.05, 3.63) is 69.8 Å². The van der Waals surface area contributed by atoms with E-state index in [9.17, 15) is 19.7 Å². The number of carbonyl (C=O) groups excluding carboxylic acids is 2. The average Bonchev–Trinajstić information content (AvgIpc) is 2.82. The molecule has 2 amide bonds. The monoisotopic (exact) mass is 438 g/mol. The largest absolute Gasteiger partial charge is 0.366 e. The van der Waals surface area contributed by atoms with Crippen molar-refractivity contribution in [2.75, 3.05) is 18.0 Å². The topological polar surface area (TPSA) is 105 Å². The van der Waals surface area contributed by atoms with E-state index >= 15 is 0 Å². The summed E-state index contributed by atoms with van der Waals surface area (Å²) in [5, 5.41) is 17.2. The van der Waals surface area contributed by atoms with Gasteiger partial charge in [0.2, 0.25) is 5.91 Å². The van der Waals surface area contributed by atoms with Crippen molar-refractivity contribution in [3.63, 3.8) is 0 Å². The summed E-state index contributed by atoms with van der Waals surface area (Å²) in [4.78, 5) is 37.9. The van der Waals surface area contributed by atoms with Gasteiger partial charge in [-0.05, 0) is 49.9 Å². The van der Waals surface area contributed by atoms with Gasteiger partial charge in [-0.1, -0.05) is 31.2 Å². The van der Waals surface area contributed by atoms with E-state index in [0.29, 0.717) is 43.7 Å². The lowest BCUT2D eigenvalue weighted by Crippen LogP contribution is -2.40. The molecule has 8 nitrogen and oxygen atoms in total. The van der Waals surface area contributed by atoms with Crippen molar-refractivity contribution in [1.82, 2.24) is 10.6 Å². The lowest BCUT2D eigenvalue weighted by Gasteiger charge is -2.32. The first kappa shape index (κ1) is 23.2. The third kappa shape index (κ3) is 5.84. The Morgan fingerprint density at radius 3 is 2.56 bits per heavy atom. The second kappa shape index (κ2) is 10.7. The number of nitro groups is 1. The first-order chi connectivity index (χ1) is 15.4. The van der Waals surface area contributed by atoms with Gasteiger partial charge in [0.1, 0.15) is 5.69 Å². The van der Waals surface area contributed by atoms with E-state index in [1.807, 2.05) is 30.9 Å². The molecule has 3 rings (SSSR count). The lowest BCUT2D eigenvalue weighted by atomic mass is 9.95. The fourth-order valence-electron chi connectivity index (χ4n) is 3.83. The number of amides is 2. The number of anilines is 1. The van der Waals surface area contributed by atoms with E-state index in [4.69, 9.17) is 0 Å². The third-order valence-corrected chi connectivity index (χ3v) is 5.93. The van der Waals surface area contributed by atoms with Crippen LogP contribution in [0, 0.1) is 16.0 Å². The molecule has 2 N–H and O–H groups in total. The number of benzene rings is 2. The van der Waals surface area contributed by atoms with Gasteiger partial charge in [-0.15, -0.1) is 0 Å². The molecule has 2 aromatic carbocycles. The zero-order valence-corrected chi connectivity index (χ0v) is 18.5. The molecule has 0 aromatic heterocycles. The van der Waals surface area contributed by atoms with Gasteiger partial charge in [-0.2, -0.15) is 0 Å². The molecule has 8 heteroatoms. The van der Waals surface area contributed by atoms with Gasteiger partial charge in [0.05, 0.1) is 4.92 Å². The van der Waals surface area contributed by atoms with Crippen LogP contribution in [0.5, 0.6) is 0 Å². The minimum absolute atomic E-state index is 0.0262. The quantitative estimate of drug-likeness (QED) is 0.483. The van der Waals surface area contributed by atoms with Gasteiger partial charge < -0.3 is 15.5 Å². The van der Waals surface area contributed by atoms with Crippen molar-refractivity contribution in [1.29, 1.82) is 0 Å². The number of hydrogen-bond acceptors (Lipinski definition) is 5. The van der Waals surface area contributed by atoms with E-state index in [2.05, 4.69) is 10.6 Å². The second-order valence-electron chi connectivity index (χ2n) is 8.21. The summed E-state index contributed by atoms with van der Waals surface area (Å²) in [6.45, 7) is 5.52. The molecule has 0 spiro atoms. The molecule has 1 unspecified atom stereocenters. The summed E-state index contributed by atoms with van der Waals surface area (Å²) in [5.41, 5.74) is 2.14. The van der Waals surface area contributed by atoms with Gasteiger partial charge in [0.15, 0.2) is 0 Å². The predicted molar refractivity (Wildman–Crippen MR) is 124 cm³/mol. The minimum Gasteiger partial charge on any atom is -0.366 e. The van der Waals surface area contributed by atoms with Gasteiger partial charge in [-0.3, -0.25) is 19.7 Å². The SMILES string of the molecule is CCC(C)NC(=O)c1cccc(CNC(=O)C2CCN(c3ccccc3[N+](=O)[O-])CC2)c1. The molecular formula is C24H30N4O4. The molecule has 1 aliphatic heterocycles. The minimum atomic E-state index is -0.370. The van der Waals surface area contributed by atoms with E-state index in [1.54, 1.807) is 30.3 Å². The summed E-state index contributed by atoms with van der Waals surface area (Å²) in [5.74, 6) is -0.275. The van der Waals surface area contributed by atoms with Crippen LogP contribution in [0.4, 0.5) is 11.4 Å². The van der Waals surface area contributed by atoms with Crippen molar-refractivity contribution in [2.45, 2.75) is 45.7 Å². The van der Waals surface area contributed by atoms with E-state index < -0.39 is 0 Å². The van der Waals surface area contributed by atoms with Crippen LogP contribution < -0.4 is 15.5 Å². The Balaban J connectivity index is 1.52. The van der Waals surface area contributed by atoms with Crippen molar-refractivity contribution < 1.29 is 14.5 Å². The first-order valence-electron chi connectivity index (χ1n) is 11.0. The average molecular weight is 439 g/mol. The molecule has 1 heterocycles. The van der Waals surface area contributed by atoms with E-state index in [-0.39, 0.29) is 34.4 Å². The Bertz CT molecular complexity index is 970. The molecule has 0 bridgehead atoms. The zero-order chi connectivity index (χ0) is 23.1. The highest BCUT2D eigenvalue weighted by Crippen LogP contribution is 2.31. The van der Waals surface area contributed by atoms with Gasteiger partial charge >= 0.3 is 0 Å². The number of nitrogens with zero attached hydrogens (tertiary/aromatic N) is 2. The molecule has 1 atom stereocenters. The second-order valence-corrected chi connectivity index (χ2v) is 8.21. The highest BCUT2D eigenvalue weighted by Gasteiger charge is 2.28. The smallest absolute Gasteiger partial charge is 0.292 e. The third-order valence-electron chi connectivity index (χ3n) is 5.93. The molecule has 2 aromatic rings. The summed E-state index contributed by atoms with van der Waals surface area (Å²) in [6, 6.07) is 14.1. The van der Waals surface area contributed by atoms with Crippen LogP contribution in [0.1, 0.15) is 49.0 Å². The van der Waals surface area contributed by atoms with Crippen LogP contribution >= 0.6 is 0 Å². The molecule has 1 fully saturated rings. The molecule has 170 valence electrons. The number of rotatable bonds is 8. The van der Waals surface area contributed by atoms with Crippen LogP contribution in [-0.4, -0.2) is 35.9 Å². The molecular weight excluding hydrogens is 408 g/mol. The molecule has 0 radical (unpaired) electrons. The Hall–Kier alpha value is -3.42. The molecule has 0 aliphatic carbocycles. The maximum absolute atomic E-state index is 12.7. The Morgan fingerprint density at radius 2 is 1.88 bits per heavy atom. The van der Waals surface area contributed by atoms with Crippen molar-refractivity contribution in [3.8, 4) is 0 Å². The summed E-state index contributed by atoms with van der Waals surface area (Å²) >= 11 is 0. The maximum atomic E-state index is 12.7. The Labute approximate surface area is 188 Å². The fourth-order valence-corrected chi connectivity index (χ4v) is 3.83. The van der Waals surface area contributed by atoms with Crippen LogP contribution in [0.3, 0.4) is 0 Å². The molecule has 32 heavy (non-hydrogen) atoms. The number of nitrogens with one attached hydrogen (secondary N) is 2. The van der Waals surface area contributed by atoms with Crippen molar-refractivity contribution in [2.24, 2.45) is 5.92 Å². The Kier molecular flexibility index (Phi) is 7.81. The highest BCUT2D eigenvalue weighted by molar-refractivity contribution is 5.94. The highest BCUT2D eigenvalue weighted by atomic mass is 16.6. The number of nitro benzene ring substituents is 1. The zero-order valence-electron chi connectivity index (χ0n) is 18.5. The standard InChI is InChI=1S/C24H30N4O4/c1-3-17(2)26-24(30)20-8-6-7-18(15-20)16-25-23(29)19-11-13-27(14-12-19)21-9-4-5-10-22(21)28(31)32/h4-10,15,17,19H,3,11-14,16H2,1-2H3,(H,25,29)(H,26,30). The van der Waals surface area contributed by atoms with E-state index in [1.165, 1.54) is 6.07 Å². The normalized spacial score (nSPS) is 15.1. The van der Waals surface area contributed by atoms with Gasteiger partial charge in [0.25, 0.3) is 11.6 Å². The van der Waals surface area contributed by atoms with Crippen molar-refractivity contribution >= 4 is 23.2 Å². The molecule has 1 saturated heterocycles. The van der Waals surface area contributed by atoms with Crippen LogP contribution in [0.2, 0.25) is 0 Å². The maximum Gasteiger partial charge on any atom is 0.292 e. The summed E-state index contributed by atoms with van der Waals surface area (Å²) in [7, 11) is 0. The Morgan fingerprint density at radius 1 is 1.16 bits per heavy atom. The first-order valence-corrected chi connectivity index (χ1v) is 11.0. The fraction of sp³-hybridized carbons (Fsp3) is 0.417. The van der Waals surface area contributed by atoms with Gasteiger partial charge in [-0.25, -0.2) is 0 Å². The van der Waals surface area contributed by atoms with E-state index in [0.717, 1.165) is 12.0 Å².